The van der Waals surface area contributed by atoms with Gasteiger partial charge in [-0.15, -0.1) is 0 Å². The molecule has 1 aromatic carbocycles. The molecule has 1 saturated carbocycles. The molecule has 0 amide bonds. The number of fused-ring (bicyclic) bond motifs is 3. The van der Waals surface area contributed by atoms with Crippen molar-refractivity contribution in [2.75, 3.05) is 11.9 Å². The van der Waals surface area contributed by atoms with Gasteiger partial charge >= 0.3 is 0 Å². The van der Waals surface area contributed by atoms with E-state index in [1.165, 1.54) is 30.5 Å². The molecule has 3 atom stereocenters. The lowest BCUT2D eigenvalue weighted by Crippen LogP contribution is -2.31. The van der Waals surface area contributed by atoms with Crippen LogP contribution in [0.25, 0.3) is 0 Å². The van der Waals surface area contributed by atoms with Crippen LogP contribution in [-0.4, -0.2) is 12.6 Å². The van der Waals surface area contributed by atoms with Crippen molar-refractivity contribution in [3.05, 3.63) is 29.8 Å². The molecule has 0 saturated heterocycles. The number of rotatable bonds is 1. The second kappa shape index (κ2) is 3.53. The van der Waals surface area contributed by atoms with E-state index in [9.17, 15) is 0 Å². The molecule has 1 fully saturated rings. The zero-order chi connectivity index (χ0) is 10.3. The number of benzene rings is 1. The number of hydrogen-bond acceptors (Lipinski definition) is 2. The van der Waals surface area contributed by atoms with E-state index in [4.69, 9.17) is 5.73 Å². The number of hydrogen-bond donors (Lipinski definition) is 2. The van der Waals surface area contributed by atoms with Crippen LogP contribution in [-0.2, 0) is 0 Å². The smallest absolute Gasteiger partial charge is 0.0378 e. The van der Waals surface area contributed by atoms with E-state index in [1.54, 1.807) is 0 Å². The lowest BCUT2D eigenvalue weighted by molar-refractivity contribution is 0.316. The van der Waals surface area contributed by atoms with Crippen molar-refractivity contribution in [2.45, 2.75) is 31.2 Å². The Morgan fingerprint density at radius 1 is 1.27 bits per heavy atom. The summed E-state index contributed by atoms with van der Waals surface area (Å²) in [6, 6.07) is 9.40. The molecule has 2 aliphatic rings. The molecule has 15 heavy (non-hydrogen) atoms. The third kappa shape index (κ3) is 1.44. The lowest BCUT2D eigenvalue weighted by Gasteiger charge is -2.31. The molecule has 0 aromatic heterocycles. The van der Waals surface area contributed by atoms with Gasteiger partial charge in [0.25, 0.3) is 0 Å². The van der Waals surface area contributed by atoms with Crippen LogP contribution in [0.4, 0.5) is 5.69 Å². The van der Waals surface area contributed by atoms with Crippen molar-refractivity contribution < 1.29 is 0 Å². The second-order valence-corrected chi connectivity index (χ2v) is 4.86. The average Bonchev–Trinajstić information content (AvgIpc) is 2.66. The molecular formula is C13H18N2. The summed E-state index contributed by atoms with van der Waals surface area (Å²) in [7, 11) is 0. The average molecular weight is 202 g/mol. The summed E-state index contributed by atoms with van der Waals surface area (Å²) in [6.45, 7) is 0.853. The number of nitrogens with one attached hydrogen (secondary N) is 1. The maximum atomic E-state index is 5.79. The van der Waals surface area contributed by atoms with Crippen LogP contribution in [0.3, 0.4) is 0 Å². The van der Waals surface area contributed by atoms with E-state index in [-0.39, 0.29) is 0 Å². The summed E-state index contributed by atoms with van der Waals surface area (Å²) in [5.74, 6) is 1.45. The predicted octanol–water partition coefficient (Wildman–Crippen LogP) is 2.32. The highest BCUT2D eigenvalue weighted by Gasteiger charge is 2.36. The van der Waals surface area contributed by atoms with Crippen LogP contribution in [0.1, 0.15) is 30.7 Å². The van der Waals surface area contributed by atoms with Crippen molar-refractivity contribution >= 4 is 5.69 Å². The van der Waals surface area contributed by atoms with Crippen molar-refractivity contribution in [2.24, 2.45) is 11.7 Å². The summed E-state index contributed by atoms with van der Waals surface area (Å²) in [6.07, 6.45) is 3.84. The van der Waals surface area contributed by atoms with Gasteiger partial charge in [0.05, 0.1) is 0 Å². The van der Waals surface area contributed by atoms with Crippen LogP contribution in [0.2, 0.25) is 0 Å². The van der Waals surface area contributed by atoms with E-state index in [2.05, 4.69) is 29.6 Å². The van der Waals surface area contributed by atoms with Gasteiger partial charge < -0.3 is 11.1 Å². The Balaban J connectivity index is 1.89. The first-order chi connectivity index (χ1) is 7.38. The minimum absolute atomic E-state index is 0.671. The van der Waals surface area contributed by atoms with Crippen molar-refractivity contribution in [1.82, 2.24) is 0 Å². The highest BCUT2D eigenvalue weighted by molar-refractivity contribution is 5.59. The Morgan fingerprint density at radius 3 is 3.00 bits per heavy atom. The summed E-state index contributed by atoms with van der Waals surface area (Å²) < 4.78 is 0. The lowest BCUT2D eigenvalue weighted by atomic mass is 9.77. The van der Waals surface area contributed by atoms with E-state index < -0.39 is 0 Å². The van der Waals surface area contributed by atoms with Gasteiger partial charge in [-0.3, -0.25) is 0 Å². The Bertz CT molecular complexity index is 361. The summed E-state index contributed by atoms with van der Waals surface area (Å²) in [5.41, 5.74) is 8.65. The molecule has 3 N–H and O–H groups in total. The molecule has 3 unspecified atom stereocenters. The molecule has 1 aliphatic carbocycles. The molecule has 3 rings (SSSR count). The van der Waals surface area contributed by atoms with Crippen molar-refractivity contribution in [3.8, 4) is 0 Å². The van der Waals surface area contributed by atoms with Crippen LogP contribution in [0.5, 0.6) is 0 Å². The molecule has 0 radical (unpaired) electrons. The fourth-order valence-electron chi connectivity index (χ4n) is 3.14. The summed E-state index contributed by atoms with van der Waals surface area (Å²) in [4.78, 5) is 0. The van der Waals surface area contributed by atoms with Crippen LogP contribution >= 0.6 is 0 Å². The van der Waals surface area contributed by atoms with Gasteiger partial charge in [-0.2, -0.15) is 0 Å². The van der Waals surface area contributed by atoms with Crippen molar-refractivity contribution in [1.29, 1.82) is 0 Å². The molecule has 80 valence electrons. The molecular weight excluding hydrogens is 184 g/mol. The monoisotopic (exact) mass is 202 g/mol. The zero-order valence-electron chi connectivity index (χ0n) is 8.95. The molecule has 2 nitrogen and oxygen atoms in total. The predicted molar refractivity (Wildman–Crippen MR) is 63.0 cm³/mol. The Kier molecular flexibility index (Phi) is 2.17. The third-order valence-corrected chi connectivity index (χ3v) is 3.99. The summed E-state index contributed by atoms with van der Waals surface area (Å²) >= 11 is 0. The van der Waals surface area contributed by atoms with Crippen LogP contribution in [0, 0.1) is 5.92 Å². The third-order valence-electron chi connectivity index (χ3n) is 3.99. The number of para-hydroxylation sites is 1. The standard InChI is InChI=1S/C13H18N2/c14-8-9-5-6-13-11(7-9)10-3-1-2-4-12(10)15-13/h1-4,9,11,13,15H,5-8,14H2. The van der Waals surface area contributed by atoms with Gasteiger partial charge in [-0.1, -0.05) is 18.2 Å². The summed E-state index contributed by atoms with van der Waals surface area (Å²) in [5, 5.41) is 3.64. The first kappa shape index (κ1) is 9.22. The molecule has 1 aliphatic heterocycles. The van der Waals surface area contributed by atoms with Gasteiger partial charge in [0.15, 0.2) is 0 Å². The van der Waals surface area contributed by atoms with Gasteiger partial charge in [-0.05, 0) is 43.4 Å². The largest absolute Gasteiger partial charge is 0.381 e. The van der Waals surface area contributed by atoms with Crippen molar-refractivity contribution in [3.63, 3.8) is 0 Å². The van der Waals surface area contributed by atoms with Crippen LogP contribution < -0.4 is 11.1 Å². The van der Waals surface area contributed by atoms with E-state index >= 15 is 0 Å². The molecule has 0 spiro atoms. The molecule has 2 heteroatoms. The highest BCUT2D eigenvalue weighted by atomic mass is 15.0. The quantitative estimate of drug-likeness (QED) is 0.733. The number of anilines is 1. The number of nitrogens with two attached hydrogens (primary N) is 1. The zero-order valence-corrected chi connectivity index (χ0v) is 8.95. The van der Waals surface area contributed by atoms with E-state index in [1.807, 2.05) is 0 Å². The first-order valence-corrected chi connectivity index (χ1v) is 5.94. The van der Waals surface area contributed by atoms with Gasteiger partial charge in [-0.25, -0.2) is 0 Å². The molecule has 1 heterocycles. The Labute approximate surface area is 90.9 Å². The molecule has 1 aromatic rings. The maximum absolute atomic E-state index is 5.79. The fraction of sp³-hybridized carbons (Fsp3) is 0.538. The van der Waals surface area contributed by atoms with Gasteiger partial charge in [0.1, 0.15) is 0 Å². The van der Waals surface area contributed by atoms with Gasteiger partial charge in [0.2, 0.25) is 0 Å². The maximum Gasteiger partial charge on any atom is 0.0378 e. The Hall–Kier alpha value is -1.02. The normalized spacial score (nSPS) is 33.0. The van der Waals surface area contributed by atoms with E-state index in [0.717, 1.165) is 12.5 Å². The second-order valence-electron chi connectivity index (χ2n) is 4.86. The minimum atomic E-state index is 0.671. The minimum Gasteiger partial charge on any atom is -0.381 e. The first-order valence-electron chi connectivity index (χ1n) is 5.94. The fourth-order valence-corrected chi connectivity index (χ4v) is 3.14. The van der Waals surface area contributed by atoms with Gasteiger partial charge in [0, 0.05) is 17.6 Å². The Morgan fingerprint density at radius 2 is 2.13 bits per heavy atom. The van der Waals surface area contributed by atoms with Crippen LogP contribution in [0.15, 0.2) is 24.3 Å². The highest BCUT2D eigenvalue weighted by Crippen LogP contribution is 2.45. The van der Waals surface area contributed by atoms with E-state index in [0.29, 0.717) is 12.0 Å². The molecule has 0 bridgehead atoms. The SMILES string of the molecule is NCC1CCC2Nc3ccccc3C2C1. The topological polar surface area (TPSA) is 38.0 Å².